The van der Waals surface area contributed by atoms with Crippen molar-refractivity contribution < 1.29 is 0 Å². The Hall–Kier alpha value is -1.03. The van der Waals surface area contributed by atoms with Crippen molar-refractivity contribution in [1.82, 2.24) is 14.5 Å². The maximum absolute atomic E-state index is 4.59. The number of hydrogen-bond donors (Lipinski definition) is 1. The molecule has 1 heterocycles. The first kappa shape index (κ1) is 13.4. The average molecular weight is 250 g/mol. The fourth-order valence-electron chi connectivity index (χ4n) is 2.51. The van der Waals surface area contributed by atoms with Gasteiger partial charge in [0.05, 0.1) is 5.69 Å². The van der Waals surface area contributed by atoms with E-state index in [1.165, 1.54) is 12.8 Å². The van der Waals surface area contributed by atoms with Crippen molar-refractivity contribution in [1.29, 1.82) is 0 Å². The van der Waals surface area contributed by atoms with E-state index < -0.39 is 0 Å². The minimum absolute atomic E-state index is 0.248. The number of nitrogens with zero attached hydrogens (tertiary/aromatic N) is 3. The molecule has 0 atom stereocenters. The second kappa shape index (κ2) is 4.92. The molecule has 0 radical (unpaired) electrons. The summed E-state index contributed by atoms with van der Waals surface area (Å²) in [5, 5.41) is 3.53. The van der Waals surface area contributed by atoms with E-state index in [1.54, 1.807) is 0 Å². The first-order valence-corrected chi connectivity index (χ1v) is 6.81. The lowest BCUT2D eigenvalue weighted by Gasteiger charge is -2.28. The summed E-state index contributed by atoms with van der Waals surface area (Å²) in [4.78, 5) is 6.83. The van der Waals surface area contributed by atoms with Gasteiger partial charge in [0.15, 0.2) is 0 Å². The predicted molar refractivity (Wildman–Crippen MR) is 76.1 cm³/mol. The highest BCUT2D eigenvalue weighted by Crippen LogP contribution is 2.37. The Kier molecular flexibility index (Phi) is 3.66. The molecule has 0 bridgehead atoms. The summed E-state index contributed by atoms with van der Waals surface area (Å²) in [6.45, 7) is 8.67. The van der Waals surface area contributed by atoms with Gasteiger partial charge in [-0.1, -0.05) is 13.8 Å². The fourth-order valence-corrected chi connectivity index (χ4v) is 2.51. The van der Waals surface area contributed by atoms with Gasteiger partial charge in [0.1, 0.15) is 0 Å². The summed E-state index contributed by atoms with van der Waals surface area (Å²) >= 11 is 0. The van der Waals surface area contributed by atoms with Crippen molar-refractivity contribution in [3.63, 3.8) is 0 Å². The van der Waals surface area contributed by atoms with Gasteiger partial charge in [0.2, 0.25) is 5.95 Å². The first-order chi connectivity index (χ1) is 8.37. The van der Waals surface area contributed by atoms with Crippen LogP contribution in [-0.4, -0.2) is 41.6 Å². The minimum Gasteiger partial charge on any atom is -0.355 e. The number of rotatable bonds is 6. The van der Waals surface area contributed by atoms with Crippen LogP contribution in [0.5, 0.6) is 0 Å². The average Bonchev–Trinajstić information content (AvgIpc) is 2.98. The monoisotopic (exact) mass is 250 g/mol. The number of aromatic nitrogens is 2. The third-order valence-electron chi connectivity index (χ3n) is 3.26. The van der Waals surface area contributed by atoms with Gasteiger partial charge in [0, 0.05) is 25.3 Å². The van der Waals surface area contributed by atoms with Crippen LogP contribution in [0.1, 0.15) is 38.4 Å². The summed E-state index contributed by atoms with van der Waals surface area (Å²) in [5.41, 5.74) is 1.35. The molecular formula is C14H26N4. The maximum atomic E-state index is 4.59. The molecule has 1 N–H and O–H groups in total. The van der Waals surface area contributed by atoms with Gasteiger partial charge in [-0.2, -0.15) is 0 Å². The van der Waals surface area contributed by atoms with Crippen LogP contribution in [0.4, 0.5) is 5.95 Å². The molecule has 4 nitrogen and oxygen atoms in total. The molecule has 18 heavy (non-hydrogen) atoms. The Balaban J connectivity index is 1.97. The van der Waals surface area contributed by atoms with Gasteiger partial charge in [0.25, 0.3) is 0 Å². The van der Waals surface area contributed by atoms with Crippen molar-refractivity contribution in [2.45, 2.75) is 39.7 Å². The van der Waals surface area contributed by atoms with Gasteiger partial charge in [-0.05, 0) is 39.3 Å². The van der Waals surface area contributed by atoms with E-state index in [4.69, 9.17) is 0 Å². The zero-order valence-electron chi connectivity index (χ0n) is 12.3. The number of hydrogen-bond acceptors (Lipinski definition) is 3. The highest BCUT2D eigenvalue weighted by molar-refractivity contribution is 5.31. The molecule has 1 aliphatic carbocycles. The molecule has 1 saturated carbocycles. The summed E-state index contributed by atoms with van der Waals surface area (Å²) in [6, 6.07) is 0.686. The minimum atomic E-state index is 0.248. The third-order valence-corrected chi connectivity index (χ3v) is 3.26. The van der Waals surface area contributed by atoms with E-state index in [0.717, 1.165) is 24.7 Å². The largest absolute Gasteiger partial charge is 0.355 e. The van der Waals surface area contributed by atoms with Crippen LogP contribution in [0.3, 0.4) is 0 Å². The smallest absolute Gasteiger partial charge is 0.203 e. The molecule has 102 valence electrons. The molecule has 1 aromatic rings. The van der Waals surface area contributed by atoms with E-state index in [1.807, 2.05) is 0 Å². The Morgan fingerprint density at radius 1 is 1.44 bits per heavy atom. The molecule has 4 heteroatoms. The second-order valence-corrected chi connectivity index (χ2v) is 6.60. The fraction of sp³-hybridized carbons (Fsp3) is 0.786. The first-order valence-electron chi connectivity index (χ1n) is 6.81. The quantitative estimate of drug-likeness (QED) is 0.842. The molecule has 1 aliphatic rings. The number of nitrogens with one attached hydrogen (secondary N) is 1. The van der Waals surface area contributed by atoms with Crippen molar-refractivity contribution in [2.24, 2.45) is 5.41 Å². The van der Waals surface area contributed by atoms with Crippen LogP contribution in [0, 0.1) is 12.3 Å². The standard InChI is InChI=1S/C14H26N4/c1-11-8-18(12-6-7-12)13(16-11)15-9-14(2,3)10-17(4)5/h8,12H,6-7,9-10H2,1-5H3,(H,15,16). The zero-order valence-corrected chi connectivity index (χ0v) is 12.3. The summed E-state index contributed by atoms with van der Waals surface area (Å²) in [6.07, 6.45) is 4.76. The molecule has 0 unspecified atom stereocenters. The summed E-state index contributed by atoms with van der Waals surface area (Å²) < 4.78 is 2.31. The van der Waals surface area contributed by atoms with E-state index >= 15 is 0 Å². The van der Waals surface area contributed by atoms with Gasteiger partial charge in [-0.15, -0.1) is 0 Å². The summed E-state index contributed by atoms with van der Waals surface area (Å²) in [7, 11) is 4.24. The van der Waals surface area contributed by atoms with Crippen LogP contribution in [0.15, 0.2) is 6.20 Å². The lowest BCUT2D eigenvalue weighted by Crippen LogP contribution is -2.34. The lowest BCUT2D eigenvalue weighted by atomic mass is 9.93. The van der Waals surface area contributed by atoms with Gasteiger partial charge in [-0.25, -0.2) is 4.98 Å². The van der Waals surface area contributed by atoms with Crippen LogP contribution >= 0.6 is 0 Å². The highest BCUT2D eigenvalue weighted by atomic mass is 15.2. The third kappa shape index (κ3) is 3.48. The Morgan fingerprint density at radius 3 is 2.67 bits per heavy atom. The Morgan fingerprint density at radius 2 is 2.11 bits per heavy atom. The molecule has 1 aromatic heterocycles. The van der Waals surface area contributed by atoms with Crippen molar-refractivity contribution in [3.05, 3.63) is 11.9 Å². The van der Waals surface area contributed by atoms with Gasteiger partial charge >= 0.3 is 0 Å². The van der Waals surface area contributed by atoms with E-state index in [0.29, 0.717) is 6.04 Å². The second-order valence-electron chi connectivity index (χ2n) is 6.60. The molecule has 0 aromatic carbocycles. The molecule has 0 amide bonds. The molecule has 2 rings (SSSR count). The lowest BCUT2D eigenvalue weighted by molar-refractivity contribution is 0.253. The number of aryl methyl sites for hydroxylation is 1. The normalized spacial score (nSPS) is 16.3. The molecule has 0 aliphatic heterocycles. The van der Waals surface area contributed by atoms with Crippen LogP contribution < -0.4 is 5.32 Å². The van der Waals surface area contributed by atoms with Crippen molar-refractivity contribution in [3.8, 4) is 0 Å². The summed E-state index contributed by atoms with van der Waals surface area (Å²) in [5.74, 6) is 1.04. The van der Waals surface area contributed by atoms with E-state index in [-0.39, 0.29) is 5.41 Å². The topological polar surface area (TPSA) is 33.1 Å². The SMILES string of the molecule is Cc1cn(C2CC2)c(NCC(C)(C)CN(C)C)n1. The van der Waals surface area contributed by atoms with Gasteiger partial charge < -0.3 is 14.8 Å². The van der Waals surface area contributed by atoms with E-state index in [2.05, 4.69) is 60.8 Å². The molecular weight excluding hydrogens is 224 g/mol. The van der Waals surface area contributed by atoms with E-state index in [9.17, 15) is 0 Å². The zero-order chi connectivity index (χ0) is 13.3. The van der Waals surface area contributed by atoms with Crippen molar-refractivity contribution in [2.75, 3.05) is 32.5 Å². The number of anilines is 1. The Bertz CT molecular complexity index is 402. The van der Waals surface area contributed by atoms with Crippen LogP contribution in [-0.2, 0) is 0 Å². The van der Waals surface area contributed by atoms with Gasteiger partial charge in [-0.3, -0.25) is 0 Å². The predicted octanol–water partition coefficient (Wildman–Crippen LogP) is 2.53. The Labute approximate surface area is 110 Å². The number of imidazole rings is 1. The molecule has 0 spiro atoms. The van der Waals surface area contributed by atoms with Crippen LogP contribution in [0.2, 0.25) is 0 Å². The molecule has 0 saturated heterocycles. The highest BCUT2D eigenvalue weighted by Gasteiger charge is 2.27. The maximum Gasteiger partial charge on any atom is 0.203 e. The molecule has 1 fully saturated rings. The van der Waals surface area contributed by atoms with Crippen molar-refractivity contribution >= 4 is 5.95 Å². The van der Waals surface area contributed by atoms with Crippen LogP contribution in [0.25, 0.3) is 0 Å².